The number of nitrogens with one attached hydrogen (secondary N) is 2. The number of nitrogens with two attached hydrogens (primary N) is 1. The molecule has 0 aliphatic heterocycles. The number of amides is 1. The lowest BCUT2D eigenvalue weighted by Gasteiger charge is -2.06. The van der Waals surface area contributed by atoms with Crippen molar-refractivity contribution in [1.29, 1.82) is 0 Å². The van der Waals surface area contributed by atoms with Crippen molar-refractivity contribution in [1.82, 2.24) is 20.3 Å². The van der Waals surface area contributed by atoms with Crippen LogP contribution >= 0.6 is 0 Å². The SMILES string of the molecule is Nc1ccc(CCNC(=O)c2ccnc3[nH]c(-c4ccc(F)cc4)nc23)cc1. The minimum Gasteiger partial charge on any atom is -0.399 e. The standard InChI is InChI=1S/C21H18FN5O/c22-15-5-3-14(4-6-15)19-26-18-17(10-12-24-20(18)27-19)21(28)25-11-9-13-1-7-16(23)8-2-13/h1-8,10,12H,9,11,23H2,(H,25,28)(H,24,26,27). The average molecular weight is 375 g/mol. The van der Waals surface area contributed by atoms with Crippen LogP contribution in [0.2, 0.25) is 0 Å². The summed E-state index contributed by atoms with van der Waals surface area (Å²) in [6.07, 6.45) is 2.26. The molecule has 4 aromatic rings. The van der Waals surface area contributed by atoms with Gasteiger partial charge in [-0.3, -0.25) is 4.79 Å². The molecule has 0 fully saturated rings. The smallest absolute Gasteiger partial charge is 0.253 e. The molecule has 2 aromatic carbocycles. The Kier molecular flexibility index (Phi) is 4.72. The summed E-state index contributed by atoms with van der Waals surface area (Å²) in [6, 6.07) is 15.2. The molecule has 2 heterocycles. The van der Waals surface area contributed by atoms with Crippen LogP contribution in [0.3, 0.4) is 0 Å². The number of imidazole rings is 1. The first-order chi connectivity index (χ1) is 13.6. The van der Waals surface area contributed by atoms with Crippen LogP contribution in [0, 0.1) is 5.82 Å². The number of hydrogen-bond acceptors (Lipinski definition) is 4. The van der Waals surface area contributed by atoms with Crippen LogP contribution in [0.15, 0.2) is 60.8 Å². The van der Waals surface area contributed by atoms with Gasteiger partial charge in [0.1, 0.15) is 17.2 Å². The molecule has 7 heteroatoms. The Morgan fingerprint density at radius 1 is 1.07 bits per heavy atom. The van der Waals surface area contributed by atoms with Crippen molar-refractivity contribution in [2.45, 2.75) is 6.42 Å². The zero-order valence-electron chi connectivity index (χ0n) is 14.9. The number of rotatable bonds is 5. The van der Waals surface area contributed by atoms with Gasteiger partial charge in [0.05, 0.1) is 5.56 Å². The topological polar surface area (TPSA) is 96.7 Å². The molecule has 0 atom stereocenters. The van der Waals surface area contributed by atoms with Gasteiger partial charge in [-0.25, -0.2) is 14.4 Å². The highest BCUT2D eigenvalue weighted by Crippen LogP contribution is 2.22. The zero-order chi connectivity index (χ0) is 19.5. The van der Waals surface area contributed by atoms with E-state index in [1.807, 2.05) is 24.3 Å². The number of carbonyl (C=O) groups is 1. The first kappa shape index (κ1) is 17.7. The lowest BCUT2D eigenvalue weighted by atomic mass is 10.1. The summed E-state index contributed by atoms with van der Waals surface area (Å²) < 4.78 is 13.1. The fraction of sp³-hybridized carbons (Fsp3) is 0.0952. The highest BCUT2D eigenvalue weighted by Gasteiger charge is 2.15. The van der Waals surface area contributed by atoms with Crippen molar-refractivity contribution in [2.75, 3.05) is 12.3 Å². The minimum atomic E-state index is -0.320. The minimum absolute atomic E-state index is 0.222. The average Bonchev–Trinajstić information content (AvgIpc) is 3.14. The van der Waals surface area contributed by atoms with E-state index in [2.05, 4.69) is 20.3 Å². The van der Waals surface area contributed by atoms with Crippen LogP contribution < -0.4 is 11.1 Å². The third-order valence-electron chi connectivity index (χ3n) is 4.43. The number of H-pyrrole nitrogens is 1. The van der Waals surface area contributed by atoms with E-state index < -0.39 is 0 Å². The molecule has 28 heavy (non-hydrogen) atoms. The quantitative estimate of drug-likeness (QED) is 0.466. The van der Waals surface area contributed by atoms with Crippen LogP contribution in [-0.4, -0.2) is 27.4 Å². The normalized spacial score (nSPS) is 10.9. The molecule has 0 spiro atoms. The fourth-order valence-electron chi connectivity index (χ4n) is 2.94. The lowest BCUT2D eigenvalue weighted by molar-refractivity contribution is 0.0955. The largest absolute Gasteiger partial charge is 0.399 e. The monoisotopic (exact) mass is 375 g/mol. The van der Waals surface area contributed by atoms with Crippen molar-refractivity contribution in [2.24, 2.45) is 0 Å². The van der Waals surface area contributed by atoms with E-state index in [-0.39, 0.29) is 11.7 Å². The van der Waals surface area contributed by atoms with E-state index in [1.54, 1.807) is 24.4 Å². The van der Waals surface area contributed by atoms with Gasteiger partial charge in [0.15, 0.2) is 5.65 Å². The maximum absolute atomic E-state index is 13.1. The number of anilines is 1. The number of nitrogens with zero attached hydrogens (tertiary/aromatic N) is 2. The maximum atomic E-state index is 13.1. The van der Waals surface area contributed by atoms with E-state index in [0.717, 1.165) is 5.56 Å². The fourth-order valence-corrected chi connectivity index (χ4v) is 2.94. The van der Waals surface area contributed by atoms with Crippen LogP contribution in [0.1, 0.15) is 15.9 Å². The molecule has 0 radical (unpaired) electrons. The second kappa shape index (κ2) is 7.48. The number of benzene rings is 2. The van der Waals surface area contributed by atoms with Gasteiger partial charge in [0.25, 0.3) is 5.91 Å². The molecular weight excluding hydrogens is 357 g/mol. The van der Waals surface area contributed by atoms with E-state index in [1.165, 1.54) is 12.1 Å². The van der Waals surface area contributed by atoms with Crippen LogP contribution in [0.5, 0.6) is 0 Å². The molecular formula is C21H18FN5O. The van der Waals surface area contributed by atoms with Gasteiger partial charge in [-0.2, -0.15) is 0 Å². The van der Waals surface area contributed by atoms with Crippen LogP contribution in [0.25, 0.3) is 22.6 Å². The van der Waals surface area contributed by atoms with Gasteiger partial charge in [-0.15, -0.1) is 0 Å². The predicted molar refractivity (Wildman–Crippen MR) is 106 cm³/mol. The first-order valence-corrected chi connectivity index (χ1v) is 8.83. The summed E-state index contributed by atoms with van der Waals surface area (Å²) >= 11 is 0. The van der Waals surface area contributed by atoms with Crippen molar-refractivity contribution in [3.63, 3.8) is 0 Å². The van der Waals surface area contributed by atoms with Crippen molar-refractivity contribution < 1.29 is 9.18 Å². The Bertz CT molecular complexity index is 1120. The number of aromatic amines is 1. The van der Waals surface area contributed by atoms with E-state index in [4.69, 9.17) is 5.73 Å². The summed E-state index contributed by atoms with van der Waals surface area (Å²) in [6.45, 7) is 0.488. The summed E-state index contributed by atoms with van der Waals surface area (Å²) in [5.41, 5.74) is 9.62. The molecule has 6 nitrogen and oxygen atoms in total. The Morgan fingerprint density at radius 2 is 1.82 bits per heavy atom. The molecule has 4 N–H and O–H groups in total. The maximum Gasteiger partial charge on any atom is 0.253 e. The van der Waals surface area contributed by atoms with E-state index in [0.29, 0.717) is 46.8 Å². The summed E-state index contributed by atoms with van der Waals surface area (Å²) in [5.74, 6) is -0.0104. The number of pyridine rings is 1. The number of aromatic nitrogens is 3. The molecule has 4 rings (SSSR count). The highest BCUT2D eigenvalue weighted by atomic mass is 19.1. The van der Waals surface area contributed by atoms with Gasteiger partial charge in [0, 0.05) is 24.0 Å². The molecule has 0 saturated heterocycles. The molecule has 0 aliphatic carbocycles. The third-order valence-corrected chi connectivity index (χ3v) is 4.43. The van der Waals surface area contributed by atoms with Crippen molar-refractivity contribution >= 4 is 22.8 Å². The van der Waals surface area contributed by atoms with Gasteiger partial charge in [-0.05, 0) is 54.4 Å². The Balaban J connectivity index is 1.52. The lowest BCUT2D eigenvalue weighted by Crippen LogP contribution is -2.26. The van der Waals surface area contributed by atoms with Gasteiger partial charge < -0.3 is 16.0 Å². The Hall–Kier alpha value is -3.74. The molecule has 0 aliphatic rings. The molecule has 0 bridgehead atoms. The first-order valence-electron chi connectivity index (χ1n) is 8.83. The molecule has 0 saturated carbocycles. The summed E-state index contributed by atoms with van der Waals surface area (Å²) in [4.78, 5) is 24.4. The zero-order valence-corrected chi connectivity index (χ0v) is 14.9. The van der Waals surface area contributed by atoms with Crippen LogP contribution in [0.4, 0.5) is 10.1 Å². The number of hydrogen-bond donors (Lipinski definition) is 3. The molecule has 0 unspecified atom stereocenters. The number of carbonyl (C=O) groups excluding carboxylic acids is 1. The molecule has 1 amide bonds. The second-order valence-electron chi connectivity index (χ2n) is 6.40. The predicted octanol–water partition coefficient (Wildman–Crippen LogP) is 3.32. The Labute approximate surface area is 160 Å². The van der Waals surface area contributed by atoms with Gasteiger partial charge in [0.2, 0.25) is 0 Å². The summed E-state index contributed by atoms with van der Waals surface area (Å²) in [7, 11) is 0. The molecule has 140 valence electrons. The number of halogens is 1. The van der Waals surface area contributed by atoms with Gasteiger partial charge in [-0.1, -0.05) is 12.1 Å². The number of fused-ring (bicyclic) bond motifs is 1. The summed E-state index contributed by atoms with van der Waals surface area (Å²) in [5, 5.41) is 2.91. The van der Waals surface area contributed by atoms with Crippen molar-refractivity contribution in [3.8, 4) is 11.4 Å². The van der Waals surface area contributed by atoms with E-state index in [9.17, 15) is 9.18 Å². The highest BCUT2D eigenvalue weighted by molar-refractivity contribution is 6.04. The third kappa shape index (κ3) is 3.68. The number of nitrogen functional groups attached to an aromatic ring is 1. The molecule has 2 aromatic heterocycles. The van der Waals surface area contributed by atoms with Crippen molar-refractivity contribution in [3.05, 3.63) is 77.7 Å². The van der Waals surface area contributed by atoms with Gasteiger partial charge >= 0.3 is 0 Å². The Morgan fingerprint density at radius 3 is 2.57 bits per heavy atom. The second-order valence-corrected chi connectivity index (χ2v) is 6.40. The van der Waals surface area contributed by atoms with Crippen LogP contribution in [-0.2, 0) is 6.42 Å². The van der Waals surface area contributed by atoms with E-state index >= 15 is 0 Å².